The van der Waals surface area contributed by atoms with Crippen LogP contribution in [0.15, 0.2) is 36.5 Å². The molecular formula is C15H16FN3O2. The number of carbonyl (C=O) groups is 1. The molecule has 6 heteroatoms. The number of benzene rings is 1. The maximum absolute atomic E-state index is 13.1. The molecule has 2 aromatic rings. The van der Waals surface area contributed by atoms with Crippen LogP contribution in [0.25, 0.3) is 0 Å². The second kappa shape index (κ2) is 6.69. The van der Waals surface area contributed by atoms with Gasteiger partial charge in [-0.2, -0.15) is 0 Å². The minimum Gasteiger partial charge on any atom is -0.494 e. The standard InChI is InChI=1S/C15H16FN3O2/c1-3-17-14-8-10(6-7-18-14)15(20)19-12-5-4-11(16)9-13(12)21-2/h4-9H,3H2,1-2H3,(H,17,18)(H,19,20). The van der Waals surface area contributed by atoms with Gasteiger partial charge in [0, 0.05) is 24.4 Å². The highest BCUT2D eigenvalue weighted by Crippen LogP contribution is 2.25. The average molecular weight is 289 g/mol. The van der Waals surface area contributed by atoms with Crippen molar-refractivity contribution in [2.24, 2.45) is 0 Å². The number of pyridine rings is 1. The maximum Gasteiger partial charge on any atom is 0.255 e. The molecule has 0 fully saturated rings. The minimum atomic E-state index is -0.428. The SMILES string of the molecule is CCNc1cc(C(=O)Nc2ccc(F)cc2OC)ccn1. The van der Waals surface area contributed by atoms with Gasteiger partial charge in [0.1, 0.15) is 17.4 Å². The molecule has 0 aliphatic rings. The van der Waals surface area contributed by atoms with E-state index in [1.165, 1.54) is 25.3 Å². The summed E-state index contributed by atoms with van der Waals surface area (Å²) in [6.45, 7) is 2.65. The first-order chi connectivity index (χ1) is 10.1. The lowest BCUT2D eigenvalue weighted by Gasteiger charge is -2.10. The Balaban J connectivity index is 2.20. The van der Waals surface area contributed by atoms with Crippen molar-refractivity contribution in [1.82, 2.24) is 4.98 Å². The second-order valence-corrected chi connectivity index (χ2v) is 4.26. The summed E-state index contributed by atoms with van der Waals surface area (Å²) in [5.74, 6) is 0.144. The topological polar surface area (TPSA) is 63.2 Å². The fraction of sp³-hybridized carbons (Fsp3) is 0.200. The number of rotatable bonds is 5. The van der Waals surface area contributed by atoms with Crippen LogP contribution in [0.3, 0.4) is 0 Å². The molecule has 0 saturated heterocycles. The van der Waals surface area contributed by atoms with Crippen molar-refractivity contribution in [3.05, 3.63) is 47.9 Å². The number of nitrogens with one attached hydrogen (secondary N) is 2. The minimum absolute atomic E-state index is 0.268. The first-order valence-electron chi connectivity index (χ1n) is 6.49. The molecule has 0 saturated carbocycles. The molecule has 0 atom stereocenters. The van der Waals surface area contributed by atoms with Crippen LogP contribution in [-0.4, -0.2) is 24.5 Å². The third-order valence-corrected chi connectivity index (χ3v) is 2.79. The van der Waals surface area contributed by atoms with E-state index in [0.29, 0.717) is 23.6 Å². The number of methoxy groups -OCH3 is 1. The maximum atomic E-state index is 13.1. The van der Waals surface area contributed by atoms with Crippen molar-refractivity contribution >= 4 is 17.4 Å². The Morgan fingerprint density at radius 3 is 2.86 bits per heavy atom. The monoisotopic (exact) mass is 289 g/mol. The molecule has 0 spiro atoms. The van der Waals surface area contributed by atoms with Gasteiger partial charge in [-0.25, -0.2) is 9.37 Å². The van der Waals surface area contributed by atoms with Crippen molar-refractivity contribution in [3.63, 3.8) is 0 Å². The number of hydrogen-bond acceptors (Lipinski definition) is 4. The largest absolute Gasteiger partial charge is 0.494 e. The number of nitrogens with zero attached hydrogens (tertiary/aromatic N) is 1. The predicted octanol–water partition coefficient (Wildman–Crippen LogP) is 2.91. The molecule has 0 aliphatic carbocycles. The van der Waals surface area contributed by atoms with Gasteiger partial charge in [-0.15, -0.1) is 0 Å². The van der Waals surface area contributed by atoms with Crippen LogP contribution in [0.1, 0.15) is 17.3 Å². The van der Waals surface area contributed by atoms with E-state index in [-0.39, 0.29) is 11.7 Å². The fourth-order valence-electron chi connectivity index (χ4n) is 1.81. The molecule has 2 rings (SSSR count). The van der Waals surface area contributed by atoms with Crippen LogP contribution in [0.4, 0.5) is 15.9 Å². The smallest absolute Gasteiger partial charge is 0.255 e. The Kier molecular flexibility index (Phi) is 4.71. The first-order valence-corrected chi connectivity index (χ1v) is 6.49. The molecule has 1 aromatic heterocycles. The molecule has 21 heavy (non-hydrogen) atoms. The molecular weight excluding hydrogens is 273 g/mol. The number of anilines is 2. The van der Waals surface area contributed by atoms with Gasteiger partial charge in [0.2, 0.25) is 0 Å². The Hall–Kier alpha value is -2.63. The molecule has 110 valence electrons. The number of ether oxygens (including phenoxy) is 1. The van der Waals surface area contributed by atoms with Crippen LogP contribution in [0, 0.1) is 5.82 Å². The molecule has 0 unspecified atom stereocenters. The van der Waals surface area contributed by atoms with Gasteiger partial charge in [0.25, 0.3) is 5.91 Å². The molecule has 2 N–H and O–H groups in total. The normalized spacial score (nSPS) is 10.0. The van der Waals surface area contributed by atoms with E-state index >= 15 is 0 Å². The summed E-state index contributed by atoms with van der Waals surface area (Å²) in [4.78, 5) is 16.3. The fourth-order valence-corrected chi connectivity index (χ4v) is 1.81. The highest BCUT2D eigenvalue weighted by atomic mass is 19.1. The molecule has 0 radical (unpaired) electrons. The highest BCUT2D eigenvalue weighted by Gasteiger charge is 2.11. The number of carbonyl (C=O) groups excluding carboxylic acids is 1. The van der Waals surface area contributed by atoms with Gasteiger partial charge < -0.3 is 15.4 Å². The van der Waals surface area contributed by atoms with Crippen LogP contribution in [0.2, 0.25) is 0 Å². The molecule has 1 heterocycles. The molecule has 0 bridgehead atoms. The van der Waals surface area contributed by atoms with Crippen molar-refractivity contribution in [2.75, 3.05) is 24.3 Å². The quantitative estimate of drug-likeness (QED) is 0.888. The summed E-state index contributed by atoms with van der Waals surface area (Å²) in [7, 11) is 1.42. The van der Waals surface area contributed by atoms with Crippen molar-refractivity contribution in [2.45, 2.75) is 6.92 Å². The molecule has 1 amide bonds. The zero-order valence-electron chi connectivity index (χ0n) is 11.8. The van der Waals surface area contributed by atoms with Crippen LogP contribution in [-0.2, 0) is 0 Å². The van der Waals surface area contributed by atoms with Crippen molar-refractivity contribution in [1.29, 1.82) is 0 Å². The van der Waals surface area contributed by atoms with E-state index in [1.54, 1.807) is 18.3 Å². The Morgan fingerprint density at radius 2 is 2.14 bits per heavy atom. The van der Waals surface area contributed by atoms with E-state index in [2.05, 4.69) is 15.6 Å². The van der Waals surface area contributed by atoms with Crippen LogP contribution >= 0.6 is 0 Å². The van der Waals surface area contributed by atoms with Gasteiger partial charge in [0.05, 0.1) is 12.8 Å². The van der Waals surface area contributed by atoms with Gasteiger partial charge in [-0.1, -0.05) is 0 Å². The summed E-state index contributed by atoms with van der Waals surface area (Å²) in [5, 5.41) is 5.72. The molecule has 1 aromatic carbocycles. The number of halogens is 1. The van der Waals surface area contributed by atoms with Crippen LogP contribution in [0.5, 0.6) is 5.75 Å². The summed E-state index contributed by atoms with van der Waals surface area (Å²) in [5.41, 5.74) is 0.859. The average Bonchev–Trinajstić information content (AvgIpc) is 2.49. The lowest BCUT2D eigenvalue weighted by atomic mass is 10.2. The number of aromatic nitrogens is 1. The summed E-state index contributed by atoms with van der Waals surface area (Å²) in [6.07, 6.45) is 1.55. The number of amides is 1. The van der Waals surface area contributed by atoms with E-state index in [0.717, 1.165) is 0 Å². The molecule has 0 aliphatic heterocycles. The summed E-state index contributed by atoms with van der Waals surface area (Å²) in [6, 6.07) is 7.18. The Labute approximate surface area is 122 Å². The second-order valence-electron chi connectivity index (χ2n) is 4.26. The lowest BCUT2D eigenvalue weighted by molar-refractivity contribution is 0.102. The van der Waals surface area contributed by atoms with Crippen LogP contribution < -0.4 is 15.4 Å². The molecule has 5 nitrogen and oxygen atoms in total. The zero-order chi connectivity index (χ0) is 15.2. The first kappa shape index (κ1) is 14.8. The van der Waals surface area contributed by atoms with E-state index < -0.39 is 5.82 Å². The number of hydrogen-bond donors (Lipinski definition) is 2. The highest BCUT2D eigenvalue weighted by molar-refractivity contribution is 6.05. The van der Waals surface area contributed by atoms with Gasteiger partial charge >= 0.3 is 0 Å². The third-order valence-electron chi connectivity index (χ3n) is 2.79. The lowest BCUT2D eigenvalue weighted by Crippen LogP contribution is -2.13. The van der Waals surface area contributed by atoms with E-state index in [1.807, 2.05) is 6.92 Å². The summed E-state index contributed by atoms with van der Waals surface area (Å²) >= 11 is 0. The van der Waals surface area contributed by atoms with Gasteiger partial charge in [-0.3, -0.25) is 4.79 Å². The van der Waals surface area contributed by atoms with Gasteiger partial charge in [-0.05, 0) is 31.2 Å². The predicted molar refractivity (Wildman–Crippen MR) is 79.3 cm³/mol. The zero-order valence-corrected chi connectivity index (χ0v) is 11.8. The summed E-state index contributed by atoms with van der Waals surface area (Å²) < 4.78 is 18.2. The van der Waals surface area contributed by atoms with E-state index in [4.69, 9.17) is 4.74 Å². The Bertz CT molecular complexity index is 647. The Morgan fingerprint density at radius 1 is 1.33 bits per heavy atom. The van der Waals surface area contributed by atoms with Gasteiger partial charge in [0.15, 0.2) is 0 Å². The van der Waals surface area contributed by atoms with E-state index in [9.17, 15) is 9.18 Å². The van der Waals surface area contributed by atoms with Crippen molar-refractivity contribution < 1.29 is 13.9 Å². The van der Waals surface area contributed by atoms with Crippen molar-refractivity contribution in [3.8, 4) is 5.75 Å². The third kappa shape index (κ3) is 3.68.